The van der Waals surface area contributed by atoms with Crippen LogP contribution in [0.1, 0.15) is 12.1 Å². The van der Waals surface area contributed by atoms with E-state index in [-0.39, 0.29) is 18.1 Å². The number of hydrogen-bond acceptors (Lipinski definition) is 4. The minimum Gasteiger partial charge on any atom is -0.491 e. The third kappa shape index (κ3) is 4.33. The lowest BCUT2D eigenvalue weighted by Crippen LogP contribution is -2.42. The second-order valence-electron chi connectivity index (χ2n) is 6.19. The molecule has 1 aromatic heterocycles. The normalized spacial score (nSPS) is 19.8. The molecule has 5 nitrogen and oxygen atoms in total. The van der Waals surface area contributed by atoms with E-state index in [4.69, 9.17) is 9.47 Å². The summed E-state index contributed by atoms with van der Waals surface area (Å²) in [6, 6.07) is 11.4. The number of halogens is 1. The van der Waals surface area contributed by atoms with Crippen LogP contribution in [0.5, 0.6) is 5.75 Å². The smallest absolute Gasteiger partial charge is 0.228 e. The molecule has 25 heavy (non-hydrogen) atoms. The summed E-state index contributed by atoms with van der Waals surface area (Å²) in [6.07, 6.45) is 2.65. The molecule has 1 aliphatic heterocycles. The van der Waals surface area contributed by atoms with Gasteiger partial charge in [0.1, 0.15) is 23.8 Å². The van der Waals surface area contributed by atoms with E-state index in [1.807, 2.05) is 18.2 Å². The molecule has 1 fully saturated rings. The third-order valence-electron chi connectivity index (χ3n) is 4.48. The molecule has 6 heteroatoms. The molecule has 1 atom stereocenters. The van der Waals surface area contributed by atoms with Crippen molar-refractivity contribution in [2.45, 2.75) is 18.4 Å². The van der Waals surface area contributed by atoms with Gasteiger partial charge >= 0.3 is 0 Å². The zero-order valence-corrected chi connectivity index (χ0v) is 14.2. The fourth-order valence-corrected chi connectivity index (χ4v) is 2.92. The topological polar surface area (TPSA) is 51.7 Å². The average molecular weight is 344 g/mol. The van der Waals surface area contributed by atoms with Crippen LogP contribution >= 0.6 is 0 Å². The summed E-state index contributed by atoms with van der Waals surface area (Å²) in [7, 11) is 1.63. The Morgan fingerprint density at radius 2 is 2.08 bits per heavy atom. The molecule has 1 aliphatic rings. The highest BCUT2D eigenvalue weighted by Crippen LogP contribution is 2.27. The fourth-order valence-electron chi connectivity index (χ4n) is 2.92. The molecule has 0 saturated carbocycles. The number of amides is 1. The Kier molecular flexibility index (Phi) is 5.28. The second-order valence-corrected chi connectivity index (χ2v) is 6.19. The largest absolute Gasteiger partial charge is 0.491 e. The van der Waals surface area contributed by atoms with Crippen LogP contribution in [-0.4, -0.2) is 48.2 Å². The van der Waals surface area contributed by atoms with E-state index < -0.39 is 5.60 Å². The molecule has 0 N–H and O–H groups in total. The van der Waals surface area contributed by atoms with Gasteiger partial charge in [-0.1, -0.05) is 6.07 Å². The number of likely N-dealkylation sites (tertiary alicyclic amines) is 1. The Bertz CT molecular complexity index is 708. The van der Waals surface area contributed by atoms with Gasteiger partial charge in [-0.15, -0.1) is 0 Å². The maximum atomic E-state index is 13.0. The fraction of sp³-hybridized carbons (Fsp3) is 0.368. The Morgan fingerprint density at radius 3 is 2.76 bits per heavy atom. The highest BCUT2D eigenvalue weighted by Gasteiger charge is 2.41. The molecule has 0 spiro atoms. The molecule has 3 rings (SSSR count). The van der Waals surface area contributed by atoms with Crippen molar-refractivity contribution in [1.82, 2.24) is 9.88 Å². The summed E-state index contributed by atoms with van der Waals surface area (Å²) in [6.45, 7) is 1.39. The highest BCUT2D eigenvalue weighted by atomic mass is 19.1. The molecule has 0 unspecified atom stereocenters. The molecular weight excluding hydrogens is 323 g/mol. The summed E-state index contributed by atoms with van der Waals surface area (Å²) >= 11 is 0. The monoisotopic (exact) mass is 344 g/mol. The Balaban J connectivity index is 1.58. The molecular formula is C19H21FN2O3. The van der Waals surface area contributed by atoms with E-state index in [2.05, 4.69) is 4.98 Å². The average Bonchev–Trinajstić information content (AvgIpc) is 3.07. The zero-order chi connectivity index (χ0) is 17.7. The zero-order valence-electron chi connectivity index (χ0n) is 14.2. The molecule has 1 saturated heterocycles. The second kappa shape index (κ2) is 7.61. The van der Waals surface area contributed by atoms with Crippen molar-refractivity contribution in [3.63, 3.8) is 0 Å². The van der Waals surface area contributed by atoms with Gasteiger partial charge in [-0.2, -0.15) is 0 Å². The van der Waals surface area contributed by atoms with Crippen LogP contribution in [0.25, 0.3) is 0 Å². The van der Waals surface area contributed by atoms with Crippen LogP contribution < -0.4 is 4.74 Å². The Morgan fingerprint density at radius 1 is 1.28 bits per heavy atom. The third-order valence-corrected chi connectivity index (χ3v) is 4.48. The summed E-state index contributed by atoms with van der Waals surface area (Å²) < 4.78 is 24.4. The molecule has 0 bridgehead atoms. The van der Waals surface area contributed by atoms with Gasteiger partial charge in [0, 0.05) is 25.5 Å². The number of benzene rings is 1. The van der Waals surface area contributed by atoms with Gasteiger partial charge in [0.15, 0.2) is 0 Å². The van der Waals surface area contributed by atoms with E-state index in [1.54, 1.807) is 30.3 Å². The van der Waals surface area contributed by atoms with E-state index in [0.717, 1.165) is 5.69 Å². The number of pyridine rings is 1. The van der Waals surface area contributed by atoms with Crippen molar-refractivity contribution in [2.24, 2.45) is 0 Å². The lowest BCUT2D eigenvalue weighted by atomic mass is 10.0. The first-order valence-electron chi connectivity index (χ1n) is 8.21. The van der Waals surface area contributed by atoms with Crippen LogP contribution in [0.2, 0.25) is 0 Å². The van der Waals surface area contributed by atoms with Crippen molar-refractivity contribution < 1.29 is 18.7 Å². The van der Waals surface area contributed by atoms with E-state index >= 15 is 0 Å². The van der Waals surface area contributed by atoms with Crippen LogP contribution in [0, 0.1) is 5.82 Å². The molecule has 0 radical (unpaired) electrons. The molecule has 1 amide bonds. The molecule has 1 aromatic carbocycles. The lowest BCUT2D eigenvalue weighted by Gasteiger charge is -2.28. The van der Waals surface area contributed by atoms with Crippen molar-refractivity contribution >= 4 is 5.91 Å². The van der Waals surface area contributed by atoms with Crippen LogP contribution in [-0.2, 0) is 16.0 Å². The summed E-state index contributed by atoms with van der Waals surface area (Å²) in [5.74, 6) is 0.302. The number of ether oxygens (including phenoxy) is 2. The molecule has 2 aromatic rings. The minimum absolute atomic E-state index is 0.0272. The van der Waals surface area contributed by atoms with Crippen LogP contribution in [0.15, 0.2) is 48.7 Å². The number of carbonyl (C=O) groups is 1. The van der Waals surface area contributed by atoms with Crippen LogP contribution in [0.3, 0.4) is 0 Å². The molecule has 132 valence electrons. The van der Waals surface area contributed by atoms with Crippen molar-refractivity contribution in [3.05, 3.63) is 60.2 Å². The first-order valence-corrected chi connectivity index (χ1v) is 8.21. The van der Waals surface area contributed by atoms with Gasteiger partial charge < -0.3 is 14.4 Å². The lowest BCUT2D eigenvalue weighted by molar-refractivity contribution is -0.131. The van der Waals surface area contributed by atoms with Gasteiger partial charge in [-0.3, -0.25) is 9.78 Å². The number of carbonyl (C=O) groups excluding carboxylic acids is 1. The van der Waals surface area contributed by atoms with Gasteiger partial charge in [-0.05, 0) is 42.8 Å². The first kappa shape index (κ1) is 17.4. The highest BCUT2D eigenvalue weighted by molar-refractivity contribution is 5.78. The SMILES string of the molecule is CO[C@]1(COc2ccc(F)cc2)CCN(C(=O)Cc2ccccn2)C1. The van der Waals surface area contributed by atoms with E-state index in [9.17, 15) is 9.18 Å². The quantitative estimate of drug-likeness (QED) is 0.808. The maximum Gasteiger partial charge on any atom is 0.228 e. The van der Waals surface area contributed by atoms with Crippen molar-refractivity contribution in [3.8, 4) is 5.75 Å². The molecule has 0 aliphatic carbocycles. The minimum atomic E-state index is -0.547. The number of hydrogen-bond donors (Lipinski definition) is 0. The van der Waals surface area contributed by atoms with Gasteiger partial charge in [0.05, 0.1) is 13.0 Å². The predicted molar refractivity (Wildman–Crippen MR) is 90.8 cm³/mol. The summed E-state index contributed by atoms with van der Waals surface area (Å²) in [5.41, 5.74) is 0.207. The van der Waals surface area contributed by atoms with Gasteiger partial charge in [-0.25, -0.2) is 4.39 Å². The molecule has 2 heterocycles. The number of rotatable bonds is 6. The van der Waals surface area contributed by atoms with E-state index in [0.29, 0.717) is 31.9 Å². The number of aromatic nitrogens is 1. The van der Waals surface area contributed by atoms with Crippen molar-refractivity contribution in [1.29, 1.82) is 0 Å². The van der Waals surface area contributed by atoms with Gasteiger partial charge in [0.2, 0.25) is 5.91 Å². The predicted octanol–water partition coefficient (Wildman–Crippen LogP) is 2.46. The standard InChI is InChI=1S/C19H21FN2O3/c1-24-19(14-25-17-7-5-15(20)6-8-17)9-11-22(13-19)18(23)12-16-4-2-3-10-21-16/h2-8,10H,9,11-14H2,1H3/t19-/m1/s1. The first-order chi connectivity index (χ1) is 12.1. The Labute approximate surface area is 146 Å². The number of methoxy groups -OCH3 is 1. The maximum absolute atomic E-state index is 13.0. The number of nitrogens with zero attached hydrogens (tertiary/aromatic N) is 2. The summed E-state index contributed by atoms with van der Waals surface area (Å²) in [5, 5.41) is 0. The van der Waals surface area contributed by atoms with Crippen LogP contribution in [0.4, 0.5) is 4.39 Å². The van der Waals surface area contributed by atoms with E-state index in [1.165, 1.54) is 12.1 Å². The van der Waals surface area contributed by atoms with Gasteiger partial charge in [0.25, 0.3) is 0 Å². The summed E-state index contributed by atoms with van der Waals surface area (Å²) in [4.78, 5) is 18.5. The Hall–Kier alpha value is -2.47. The van der Waals surface area contributed by atoms with Crippen molar-refractivity contribution in [2.75, 3.05) is 26.8 Å².